The Morgan fingerprint density at radius 2 is 2.09 bits per heavy atom. The molecule has 8 heteroatoms. The zero-order chi connectivity index (χ0) is 17.0. The van der Waals surface area contributed by atoms with Gasteiger partial charge >= 0.3 is 0 Å². The van der Waals surface area contributed by atoms with E-state index in [1.165, 1.54) is 25.5 Å². The maximum Gasteiger partial charge on any atom is 0.274 e. The molecule has 0 saturated carbocycles. The number of benzene rings is 2. The van der Waals surface area contributed by atoms with Crippen LogP contribution in [0, 0.1) is 11.6 Å². The van der Waals surface area contributed by atoms with Crippen LogP contribution in [0.15, 0.2) is 39.9 Å². The summed E-state index contributed by atoms with van der Waals surface area (Å²) < 4.78 is 31.8. The molecule has 0 aliphatic carbocycles. The lowest BCUT2D eigenvalue weighted by Crippen LogP contribution is -2.19. The molecule has 0 aliphatic heterocycles. The molecule has 0 aromatic heterocycles. The number of rotatable bonds is 4. The van der Waals surface area contributed by atoms with Gasteiger partial charge in [-0.05, 0) is 51.8 Å². The third kappa shape index (κ3) is 4.04. The number of ether oxygens (including phenoxy) is 1. The third-order valence-corrected chi connectivity index (χ3v) is 3.43. The van der Waals surface area contributed by atoms with Crippen molar-refractivity contribution in [3.8, 4) is 11.5 Å². The predicted octanol–water partition coefficient (Wildman–Crippen LogP) is 3.21. The summed E-state index contributed by atoms with van der Waals surface area (Å²) in [6.07, 6.45) is 1.27. The number of phenolic OH excluding ortho intramolecular Hbond substituents is 1. The Bertz CT molecular complexity index is 782. The van der Waals surface area contributed by atoms with Gasteiger partial charge in [-0.2, -0.15) is 5.10 Å². The Morgan fingerprint density at radius 3 is 2.78 bits per heavy atom. The average molecular weight is 385 g/mol. The number of halogens is 3. The molecule has 0 radical (unpaired) electrons. The number of aromatic hydroxyl groups is 1. The lowest BCUT2D eigenvalue weighted by molar-refractivity contribution is 0.0950. The number of nitrogens with zero attached hydrogens (tertiary/aromatic N) is 1. The normalized spacial score (nSPS) is 10.8. The highest BCUT2D eigenvalue weighted by Crippen LogP contribution is 2.34. The van der Waals surface area contributed by atoms with E-state index >= 15 is 0 Å². The Morgan fingerprint density at radius 1 is 1.35 bits per heavy atom. The second kappa shape index (κ2) is 7.19. The summed E-state index contributed by atoms with van der Waals surface area (Å²) in [5.41, 5.74) is 2.15. The van der Waals surface area contributed by atoms with Gasteiger partial charge in [0.2, 0.25) is 0 Å². The third-order valence-electron chi connectivity index (χ3n) is 2.82. The molecular formula is C15H11BrF2N2O3. The van der Waals surface area contributed by atoms with Gasteiger partial charge in [-0.1, -0.05) is 0 Å². The second-order valence-corrected chi connectivity index (χ2v) is 5.23. The monoisotopic (exact) mass is 384 g/mol. The number of hydrogen-bond acceptors (Lipinski definition) is 4. The molecule has 120 valence electrons. The molecule has 0 atom stereocenters. The molecule has 2 aromatic rings. The van der Waals surface area contributed by atoms with Crippen molar-refractivity contribution in [3.63, 3.8) is 0 Å². The van der Waals surface area contributed by atoms with Crippen LogP contribution in [0.3, 0.4) is 0 Å². The number of carbonyl (C=O) groups excluding carboxylic acids is 1. The van der Waals surface area contributed by atoms with E-state index in [9.17, 15) is 18.7 Å². The second-order valence-electron chi connectivity index (χ2n) is 4.38. The molecule has 1 amide bonds. The Kier molecular flexibility index (Phi) is 5.28. The molecule has 0 bridgehead atoms. The van der Waals surface area contributed by atoms with Gasteiger partial charge in [-0.3, -0.25) is 4.79 Å². The van der Waals surface area contributed by atoms with E-state index in [4.69, 9.17) is 4.74 Å². The van der Waals surface area contributed by atoms with Crippen LogP contribution in [0.2, 0.25) is 0 Å². The van der Waals surface area contributed by atoms with Gasteiger partial charge < -0.3 is 9.84 Å². The summed E-state index contributed by atoms with van der Waals surface area (Å²) in [6, 6.07) is 5.57. The summed E-state index contributed by atoms with van der Waals surface area (Å²) in [5.74, 6) is -2.33. The lowest BCUT2D eigenvalue weighted by Gasteiger charge is -2.06. The van der Waals surface area contributed by atoms with Gasteiger partial charge in [0.15, 0.2) is 11.5 Å². The predicted molar refractivity (Wildman–Crippen MR) is 83.8 cm³/mol. The Hall–Kier alpha value is -2.48. The highest BCUT2D eigenvalue weighted by Gasteiger charge is 2.12. The molecule has 2 N–H and O–H groups in total. The maximum atomic E-state index is 13.4. The van der Waals surface area contributed by atoms with Crippen molar-refractivity contribution in [1.82, 2.24) is 5.43 Å². The van der Waals surface area contributed by atoms with Crippen LogP contribution in [-0.2, 0) is 0 Å². The summed E-state index contributed by atoms with van der Waals surface area (Å²) >= 11 is 3.14. The molecule has 0 aliphatic rings. The topological polar surface area (TPSA) is 70.9 Å². The highest BCUT2D eigenvalue weighted by atomic mass is 79.9. The summed E-state index contributed by atoms with van der Waals surface area (Å²) in [6.45, 7) is 0. The fourth-order valence-corrected chi connectivity index (χ4v) is 2.18. The van der Waals surface area contributed by atoms with E-state index in [2.05, 4.69) is 26.5 Å². The van der Waals surface area contributed by atoms with Gasteiger partial charge in [0.05, 0.1) is 23.4 Å². The molecular weight excluding hydrogens is 374 g/mol. The van der Waals surface area contributed by atoms with Crippen molar-refractivity contribution >= 4 is 28.1 Å². The van der Waals surface area contributed by atoms with Crippen molar-refractivity contribution in [2.24, 2.45) is 5.10 Å². The quantitative estimate of drug-likeness (QED) is 0.627. The van der Waals surface area contributed by atoms with Crippen LogP contribution in [0.5, 0.6) is 11.5 Å². The summed E-state index contributed by atoms with van der Waals surface area (Å²) in [7, 11) is 1.39. The lowest BCUT2D eigenvalue weighted by atomic mass is 10.2. The van der Waals surface area contributed by atoms with Crippen LogP contribution in [-0.4, -0.2) is 24.3 Å². The zero-order valence-electron chi connectivity index (χ0n) is 11.8. The van der Waals surface area contributed by atoms with Crippen molar-refractivity contribution in [2.45, 2.75) is 0 Å². The van der Waals surface area contributed by atoms with Crippen molar-refractivity contribution in [1.29, 1.82) is 0 Å². The largest absolute Gasteiger partial charge is 0.503 e. The fourth-order valence-electron chi connectivity index (χ4n) is 1.72. The minimum Gasteiger partial charge on any atom is -0.503 e. The summed E-state index contributed by atoms with van der Waals surface area (Å²) in [4.78, 5) is 11.7. The first-order chi connectivity index (χ1) is 10.9. The van der Waals surface area contributed by atoms with E-state index in [-0.39, 0.29) is 11.5 Å². The Labute approximate surface area is 138 Å². The van der Waals surface area contributed by atoms with Gasteiger partial charge in [0.25, 0.3) is 5.91 Å². The minimum atomic E-state index is -0.886. The molecule has 5 nitrogen and oxygen atoms in total. The molecule has 0 spiro atoms. The van der Waals surface area contributed by atoms with Crippen molar-refractivity contribution in [3.05, 3.63) is 57.6 Å². The van der Waals surface area contributed by atoms with Crippen molar-refractivity contribution < 1.29 is 23.4 Å². The summed E-state index contributed by atoms with van der Waals surface area (Å²) in [5, 5.41) is 13.3. The van der Waals surface area contributed by atoms with Crippen LogP contribution >= 0.6 is 15.9 Å². The smallest absolute Gasteiger partial charge is 0.274 e. The molecule has 0 unspecified atom stereocenters. The number of phenols is 1. The van der Waals surface area contributed by atoms with E-state index < -0.39 is 23.1 Å². The first kappa shape index (κ1) is 16.9. The van der Waals surface area contributed by atoms with Crippen LogP contribution < -0.4 is 10.2 Å². The number of amides is 1. The minimum absolute atomic E-state index is 0.0736. The van der Waals surface area contributed by atoms with Gasteiger partial charge in [0.1, 0.15) is 11.6 Å². The average Bonchev–Trinajstić information content (AvgIpc) is 2.52. The molecule has 23 heavy (non-hydrogen) atoms. The number of methoxy groups -OCH3 is 1. The van der Waals surface area contributed by atoms with Crippen LogP contribution in [0.1, 0.15) is 15.9 Å². The van der Waals surface area contributed by atoms with Gasteiger partial charge in [0, 0.05) is 0 Å². The van der Waals surface area contributed by atoms with Crippen molar-refractivity contribution in [2.75, 3.05) is 7.11 Å². The van der Waals surface area contributed by atoms with Gasteiger partial charge in [-0.25, -0.2) is 14.2 Å². The standard InChI is InChI=1S/C15H11BrF2N2O3/c1-23-13-5-8(4-11(16)14(13)21)7-19-20-15(22)10-6-9(17)2-3-12(10)18/h2-7,21H,1H3,(H,20,22). The van der Waals surface area contributed by atoms with Gasteiger partial charge in [-0.15, -0.1) is 0 Å². The molecule has 2 aromatic carbocycles. The molecule has 0 saturated heterocycles. The number of nitrogens with one attached hydrogen (secondary N) is 1. The van der Waals surface area contributed by atoms with E-state index in [0.717, 1.165) is 18.2 Å². The molecule has 2 rings (SSSR count). The fraction of sp³-hybridized carbons (Fsp3) is 0.0667. The molecule has 0 heterocycles. The van der Waals surface area contributed by atoms with Crippen LogP contribution in [0.4, 0.5) is 8.78 Å². The zero-order valence-corrected chi connectivity index (χ0v) is 13.4. The maximum absolute atomic E-state index is 13.4. The highest BCUT2D eigenvalue weighted by molar-refractivity contribution is 9.10. The molecule has 0 fully saturated rings. The number of carbonyl (C=O) groups is 1. The van der Waals surface area contributed by atoms with E-state index in [0.29, 0.717) is 10.0 Å². The van der Waals surface area contributed by atoms with Crippen LogP contribution in [0.25, 0.3) is 0 Å². The van der Waals surface area contributed by atoms with E-state index in [1.807, 2.05) is 0 Å². The number of hydrazone groups is 1. The number of hydrogen-bond donors (Lipinski definition) is 2. The Balaban J connectivity index is 2.14. The van der Waals surface area contributed by atoms with E-state index in [1.54, 1.807) is 0 Å². The first-order valence-electron chi connectivity index (χ1n) is 6.27. The SMILES string of the molecule is COc1cc(C=NNC(=O)c2cc(F)ccc2F)cc(Br)c1O. The first-order valence-corrected chi connectivity index (χ1v) is 7.06.